The molecule has 0 spiro atoms. The van der Waals surface area contributed by atoms with Crippen molar-refractivity contribution in [3.05, 3.63) is 52.0 Å². The molecule has 0 unspecified atom stereocenters. The number of aliphatic carboxylic acids is 1. The number of carboxylic acid groups (broad SMARTS) is 1. The van der Waals surface area contributed by atoms with Crippen LogP contribution in [0, 0.1) is 0 Å². The summed E-state index contributed by atoms with van der Waals surface area (Å²) in [4.78, 5) is 16.0. The van der Waals surface area contributed by atoms with E-state index < -0.39 is 5.97 Å². The van der Waals surface area contributed by atoms with Crippen LogP contribution < -0.4 is 9.47 Å². The number of ether oxygens (including phenoxy) is 2. The van der Waals surface area contributed by atoms with Crippen LogP contribution in [0.3, 0.4) is 0 Å². The van der Waals surface area contributed by atoms with Gasteiger partial charge in [0.25, 0.3) is 0 Å². The Morgan fingerprint density at radius 1 is 1.33 bits per heavy atom. The van der Waals surface area contributed by atoms with Crippen molar-refractivity contribution < 1.29 is 19.4 Å². The van der Waals surface area contributed by atoms with Gasteiger partial charge in [0.05, 0.1) is 35.4 Å². The summed E-state index contributed by atoms with van der Waals surface area (Å²) >= 11 is 7.79. The van der Waals surface area contributed by atoms with Crippen LogP contribution in [-0.2, 0) is 4.79 Å². The van der Waals surface area contributed by atoms with E-state index in [2.05, 4.69) is 4.98 Å². The van der Waals surface area contributed by atoms with Crippen LogP contribution >= 0.6 is 22.9 Å². The third-order valence-electron chi connectivity index (χ3n) is 3.79. The maximum absolute atomic E-state index is 11.4. The number of nitrogens with zero attached hydrogens (tertiary/aromatic N) is 1. The number of rotatable bonds is 7. The smallest absolute Gasteiger partial charge is 0.307 e. The first-order valence-electron chi connectivity index (χ1n) is 8.30. The minimum absolute atomic E-state index is 0.146. The second-order valence-electron chi connectivity index (χ2n) is 5.69. The van der Waals surface area contributed by atoms with Gasteiger partial charge in [-0.15, -0.1) is 11.3 Å². The molecule has 0 atom stereocenters. The van der Waals surface area contributed by atoms with Gasteiger partial charge >= 0.3 is 5.97 Å². The first-order valence-corrected chi connectivity index (χ1v) is 9.50. The highest BCUT2D eigenvalue weighted by Gasteiger charge is 2.15. The summed E-state index contributed by atoms with van der Waals surface area (Å²) in [6.07, 6.45) is 1.63. The Kier molecular flexibility index (Phi) is 5.98. The average molecular weight is 404 g/mol. The van der Waals surface area contributed by atoms with E-state index in [9.17, 15) is 9.90 Å². The highest BCUT2D eigenvalue weighted by atomic mass is 35.5. The number of halogens is 1. The van der Waals surface area contributed by atoms with E-state index in [0.717, 1.165) is 15.8 Å². The van der Waals surface area contributed by atoms with Gasteiger partial charge in [-0.1, -0.05) is 23.7 Å². The molecule has 3 rings (SSSR count). The van der Waals surface area contributed by atoms with E-state index in [4.69, 9.17) is 21.1 Å². The van der Waals surface area contributed by atoms with Crippen LogP contribution in [0.25, 0.3) is 21.9 Å². The van der Waals surface area contributed by atoms with Crippen LogP contribution in [0.4, 0.5) is 0 Å². The minimum Gasteiger partial charge on any atom is -0.493 e. The van der Waals surface area contributed by atoms with Crippen LogP contribution in [0.15, 0.2) is 36.4 Å². The van der Waals surface area contributed by atoms with Crippen molar-refractivity contribution in [3.63, 3.8) is 0 Å². The zero-order chi connectivity index (χ0) is 19.4. The molecule has 0 bridgehead atoms. The third kappa shape index (κ3) is 4.40. The molecule has 2 aromatic carbocycles. The van der Waals surface area contributed by atoms with Gasteiger partial charge < -0.3 is 14.6 Å². The summed E-state index contributed by atoms with van der Waals surface area (Å²) in [5.41, 5.74) is 2.16. The first kappa shape index (κ1) is 19.2. The molecular formula is C20H18ClNO4S. The molecule has 140 valence electrons. The summed E-state index contributed by atoms with van der Waals surface area (Å²) in [5, 5.41) is 10.4. The molecule has 0 radical (unpaired) electrons. The fourth-order valence-corrected chi connectivity index (χ4v) is 3.92. The first-order chi connectivity index (χ1) is 13.0. The summed E-state index contributed by atoms with van der Waals surface area (Å²) in [6.45, 7) is 2.32. The number of hydrogen-bond acceptors (Lipinski definition) is 5. The van der Waals surface area contributed by atoms with E-state index in [1.165, 1.54) is 18.4 Å². The molecule has 1 N–H and O–H groups in total. The number of thiazole rings is 1. The van der Waals surface area contributed by atoms with Gasteiger partial charge in [0.15, 0.2) is 11.5 Å². The molecule has 1 heterocycles. The Bertz CT molecular complexity index is 979. The number of para-hydroxylation sites is 1. The van der Waals surface area contributed by atoms with Crippen LogP contribution in [0.5, 0.6) is 11.5 Å². The van der Waals surface area contributed by atoms with Gasteiger partial charge in [0.2, 0.25) is 0 Å². The van der Waals surface area contributed by atoms with E-state index >= 15 is 0 Å². The second kappa shape index (κ2) is 8.41. The van der Waals surface area contributed by atoms with E-state index in [1.54, 1.807) is 18.2 Å². The average Bonchev–Trinajstić information content (AvgIpc) is 3.07. The lowest BCUT2D eigenvalue weighted by molar-refractivity contribution is -0.135. The van der Waals surface area contributed by atoms with Crippen molar-refractivity contribution in [2.75, 3.05) is 13.7 Å². The van der Waals surface area contributed by atoms with Crippen molar-refractivity contribution in [1.29, 1.82) is 0 Å². The topological polar surface area (TPSA) is 68.7 Å². The largest absolute Gasteiger partial charge is 0.493 e. The van der Waals surface area contributed by atoms with Crippen LogP contribution in [-0.4, -0.2) is 29.8 Å². The molecule has 7 heteroatoms. The normalized spacial score (nSPS) is 11.6. The zero-order valence-electron chi connectivity index (χ0n) is 14.9. The number of carboxylic acids is 1. The summed E-state index contributed by atoms with van der Waals surface area (Å²) < 4.78 is 11.9. The number of hydrogen-bond donors (Lipinski definition) is 1. The van der Waals surface area contributed by atoms with Gasteiger partial charge in [-0.05, 0) is 48.4 Å². The number of fused-ring (bicyclic) bond motifs is 1. The molecule has 0 aliphatic rings. The molecule has 0 amide bonds. The molecule has 5 nitrogen and oxygen atoms in total. The van der Waals surface area contributed by atoms with Crippen molar-refractivity contribution in [2.24, 2.45) is 0 Å². The maximum atomic E-state index is 11.4. The molecule has 3 aromatic rings. The second-order valence-corrected chi connectivity index (χ2v) is 7.13. The van der Waals surface area contributed by atoms with Crippen molar-refractivity contribution >= 4 is 50.8 Å². The molecule has 0 saturated heterocycles. The Labute approximate surface area is 165 Å². The summed E-state index contributed by atoms with van der Waals surface area (Å²) in [5.74, 6) is 0.0395. The van der Waals surface area contributed by atoms with Gasteiger partial charge in [0, 0.05) is 0 Å². The lowest BCUT2D eigenvalue weighted by Crippen LogP contribution is -1.98. The highest BCUT2D eigenvalue weighted by molar-refractivity contribution is 7.19. The van der Waals surface area contributed by atoms with Crippen molar-refractivity contribution in [1.82, 2.24) is 4.98 Å². The predicted molar refractivity (Wildman–Crippen MR) is 109 cm³/mol. The van der Waals surface area contributed by atoms with E-state index in [1.807, 2.05) is 31.2 Å². The maximum Gasteiger partial charge on any atom is 0.307 e. The van der Waals surface area contributed by atoms with Gasteiger partial charge in [-0.25, -0.2) is 4.98 Å². The highest BCUT2D eigenvalue weighted by Crippen LogP contribution is 2.38. The Balaban J connectivity index is 2.08. The lowest BCUT2D eigenvalue weighted by Gasteiger charge is -2.12. The monoisotopic (exact) mass is 403 g/mol. The predicted octanol–water partition coefficient (Wildman–Crippen LogP) is 5.37. The number of aromatic nitrogens is 1. The lowest BCUT2D eigenvalue weighted by atomic mass is 10.1. The quantitative estimate of drug-likeness (QED) is 0.574. The van der Waals surface area contributed by atoms with Crippen molar-refractivity contribution in [2.45, 2.75) is 13.3 Å². The zero-order valence-corrected chi connectivity index (χ0v) is 16.4. The van der Waals surface area contributed by atoms with E-state index in [0.29, 0.717) is 33.7 Å². The molecule has 1 aromatic heterocycles. The van der Waals surface area contributed by atoms with Gasteiger partial charge in [0.1, 0.15) is 5.01 Å². The van der Waals surface area contributed by atoms with Gasteiger partial charge in [-0.3, -0.25) is 4.79 Å². The van der Waals surface area contributed by atoms with Gasteiger partial charge in [-0.2, -0.15) is 0 Å². The molecule has 0 aliphatic carbocycles. The van der Waals surface area contributed by atoms with E-state index in [-0.39, 0.29) is 6.42 Å². The summed E-state index contributed by atoms with van der Waals surface area (Å²) in [6, 6.07) is 11.2. The number of methoxy groups -OCH3 is 1. The SMILES string of the molecule is CCOc1c(Cl)cc(/C=C(/CC(=O)O)c2nc3ccccc3s2)cc1OC. The third-order valence-corrected chi connectivity index (χ3v) is 5.18. The molecule has 27 heavy (non-hydrogen) atoms. The molecule has 0 saturated carbocycles. The Hall–Kier alpha value is -2.57. The van der Waals surface area contributed by atoms with Crippen LogP contribution in [0.2, 0.25) is 5.02 Å². The number of carbonyl (C=O) groups is 1. The molecule has 0 aliphatic heterocycles. The standard InChI is InChI=1S/C20H18ClNO4S/c1-3-26-19-14(21)9-12(10-16(19)25-2)8-13(11-18(23)24)20-22-15-6-4-5-7-17(15)27-20/h4-10H,3,11H2,1-2H3,(H,23,24)/b13-8-. The Morgan fingerprint density at radius 2 is 2.11 bits per heavy atom. The molecular weight excluding hydrogens is 386 g/mol. The Morgan fingerprint density at radius 3 is 2.78 bits per heavy atom. The van der Waals surface area contributed by atoms with Crippen LogP contribution in [0.1, 0.15) is 23.9 Å². The minimum atomic E-state index is -0.926. The fourth-order valence-electron chi connectivity index (χ4n) is 2.67. The van der Waals surface area contributed by atoms with Crippen molar-refractivity contribution in [3.8, 4) is 11.5 Å². The number of benzene rings is 2. The summed E-state index contributed by atoms with van der Waals surface area (Å²) in [7, 11) is 1.54. The molecule has 0 fully saturated rings. The fraction of sp³-hybridized carbons (Fsp3) is 0.200.